The third-order valence-corrected chi connectivity index (χ3v) is 5.57. The molecule has 0 radical (unpaired) electrons. The Balaban J connectivity index is 2.00. The molecule has 1 aromatic rings. The number of carboxylic acid groups (broad SMARTS) is 1. The fourth-order valence-electron chi connectivity index (χ4n) is 2.80. The molecule has 0 fully saturated rings. The minimum absolute atomic E-state index is 0.359. The van der Waals surface area contributed by atoms with Crippen LogP contribution in [0.2, 0.25) is 0 Å². The summed E-state index contributed by atoms with van der Waals surface area (Å²) in [6.45, 7) is 5.80. The zero-order valence-corrected chi connectivity index (χ0v) is 14.8. The number of hydrogen-bond acceptors (Lipinski definition) is 4. The molecule has 0 saturated heterocycles. The van der Waals surface area contributed by atoms with Crippen molar-refractivity contribution in [3.05, 3.63) is 33.0 Å². The Morgan fingerprint density at radius 3 is 2.33 bits per heavy atom. The Morgan fingerprint density at radius 2 is 1.79 bits per heavy atom. The third-order valence-electron chi connectivity index (χ3n) is 4.48. The smallest absolute Gasteiger partial charge is 0.307 e. The molecule has 24 heavy (non-hydrogen) atoms. The first-order valence-corrected chi connectivity index (χ1v) is 8.77. The highest BCUT2D eigenvalue weighted by Gasteiger charge is 2.37. The lowest BCUT2D eigenvalue weighted by Gasteiger charge is -2.29. The highest BCUT2D eigenvalue weighted by atomic mass is 32.1. The number of allylic oxidation sites excluding steroid dienone is 2. The SMILES string of the molecule is CCc1cc(C(=O)NNC(=O)[C@H]2CC(C)=C(C)C[C@@H]2C(=O)O)cs1. The number of carbonyl (C=O) groups excluding carboxylic acids is 2. The molecular weight excluding hydrogens is 328 g/mol. The van der Waals surface area contributed by atoms with E-state index in [0.29, 0.717) is 18.4 Å². The van der Waals surface area contributed by atoms with E-state index in [-0.39, 0.29) is 0 Å². The molecular formula is C17H22N2O4S. The average molecular weight is 350 g/mol. The normalized spacial score (nSPS) is 20.6. The van der Waals surface area contributed by atoms with Crippen LogP contribution in [0.5, 0.6) is 0 Å². The van der Waals surface area contributed by atoms with E-state index in [0.717, 1.165) is 22.4 Å². The number of aryl methyl sites for hydroxylation is 1. The van der Waals surface area contributed by atoms with Crippen molar-refractivity contribution in [2.45, 2.75) is 40.0 Å². The number of carboxylic acids is 1. The summed E-state index contributed by atoms with van der Waals surface area (Å²) in [4.78, 5) is 36.9. The molecule has 1 aliphatic rings. The van der Waals surface area contributed by atoms with Gasteiger partial charge in [0.2, 0.25) is 5.91 Å². The molecule has 0 aromatic carbocycles. The lowest BCUT2D eigenvalue weighted by molar-refractivity contribution is -0.147. The number of amides is 2. The number of hydrazine groups is 1. The van der Waals surface area contributed by atoms with Crippen molar-refractivity contribution in [2.75, 3.05) is 0 Å². The number of rotatable bonds is 4. The maximum atomic E-state index is 12.4. The van der Waals surface area contributed by atoms with Crippen LogP contribution in [0, 0.1) is 11.8 Å². The monoisotopic (exact) mass is 350 g/mol. The topological polar surface area (TPSA) is 95.5 Å². The predicted molar refractivity (Wildman–Crippen MR) is 91.5 cm³/mol. The van der Waals surface area contributed by atoms with Gasteiger partial charge in [-0.05, 0) is 39.2 Å². The highest BCUT2D eigenvalue weighted by Crippen LogP contribution is 2.34. The van der Waals surface area contributed by atoms with Gasteiger partial charge < -0.3 is 5.11 Å². The molecule has 7 heteroatoms. The second kappa shape index (κ2) is 7.61. The first kappa shape index (κ1) is 18.2. The summed E-state index contributed by atoms with van der Waals surface area (Å²) in [7, 11) is 0. The van der Waals surface area contributed by atoms with Crippen LogP contribution < -0.4 is 10.9 Å². The summed E-state index contributed by atoms with van der Waals surface area (Å²) in [5, 5.41) is 11.1. The van der Waals surface area contributed by atoms with Gasteiger partial charge in [0.1, 0.15) is 0 Å². The van der Waals surface area contributed by atoms with Crippen LogP contribution in [0.4, 0.5) is 0 Å². The fourth-order valence-corrected chi connectivity index (χ4v) is 3.61. The van der Waals surface area contributed by atoms with Gasteiger partial charge in [0.05, 0.1) is 17.4 Å². The van der Waals surface area contributed by atoms with E-state index < -0.39 is 29.6 Å². The van der Waals surface area contributed by atoms with Gasteiger partial charge in [0, 0.05) is 10.3 Å². The van der Waals surface area contributed by atoms with Crippen molar-refractivity contribution < 1.29 is 19.5 Å². The zero-order valence-electron chi connectivity index (χ0n) is 14.0. The van der Waals surface area contributed by atoms with E-state index in [2.05, 4.69) is 10.9 Å². The lowest BCUT2D eigenvalue weighted by atomic mass is 9.76. The number of thiophene rings is 1. The largest absolute Gasteiger partial charge is 0.481 e. The molecule has 0 bridgehead atoms. The zero-order chi connectivity index (χ0) is 17.9. The standard InChI is InChI=1S/C17H22N2O4S/c1-4-12-7-11(8-24-12)15(20)18-19-16(21)13-5-9(2)10(3)6-14(13)17(22)23/h7-8,13-14H,4-6H2,1-3H3,(H,18,20)(H,19,21)(H,22,23)/t13-,14-/m0/s1. The Bertz CT molecular complexity index is 693. The van der Waals surface area contributed by atoms with Gasteiger partial charge in [-0.2, -0.15) is 0 Å². The summed E-state index contributed by atoms with van der Waals surface area (Å²) in [6, 6.07) is 1.78. The van der Waals surface area contributed by atoms with E-state index in [9.17, 15) is 19.5 Å². The molecule has 0 spiro atoms. The van der Waals surface area contributed by atoms with Crippen LogP contribution in [0.15, 0.2) is 22.6 Å². The van der Waals surface area contributed by atoms with Gasteiger partial charge in [-0.25, -0.2) is 0 Å². The predicted octanol–water partition coefficient (Wildman–Crippen LogP) is 2.52. The van der Waals surface area contributed by atoms with E-state index in [1.165, 1.54) is 11.3 Å². The van der Waals surface area contributed by atoms with Crippen LogP contribution in [-0.2, 0) is 16.0 Å². The van der Waals surface area contributed by atoms with Crippen molar-refractivity contribution in [3.8, 4) is 0 Å². The summed E-state index contributed by atoms with van der Waals surface area (Å²) >= 11 is 1.49. The number of hydrogen-bond donors (Lipinski definition) is 3. The molecule has 1 aromatic heterocycles. The maximum absolute atomic E-state index is 12.4. The molecule has 1 aliphatic carbocycles. The summed E-state index contributed by atoms with van der Waals surface area (Å²) < 4.78 is 0. The van der Waals surface area contributed by atoms with E-state index in [1.807, 2.05) is 20.8 Å². The number of carbonyl (C=O) groups is 3. The minimum Gasteiger partial charge on any atom is -0.481 e. The Kier molecular flexibility index (Phi) is 5.77. The van der Waals surface area contributed by atoms with Crippen LogP contribution in [0.1, 0.15) is 48.8 Å². The molecule has 6 nitrogen and oxygen atoms in total. The molecule has 2 rings (SSSR count). The average Bonchev–Trinajstić information content (AvgIpc) is 3.03. The Labute approximate surface area is 144 Å². The summed E-state index contributed by atoms with van der Waals surface area (Å²) in [5.74, 6) is -3.30. The molecule has 1 heterocycles. The lowest BCUT2D eigenvalue weighted by Crippen LogP contribution is -2.48. The maximum Gasteiger partial charge on any atom is 0.307 e. The third kappa shape index (κ3) is 4.03. The van der Waals surface area contributed by atoms with Crippen molar-refractivity contribution in [3.63, 3.8) is 0 Å². The minimum atomic E-state index is -0.987. The molecule has 3 N–H and O–H groups in total. The van der Waals surface area contributed by atoms with Gasteiger partial charge >= 0.3 is 5.97 Å². The molecule has 130 valence electrons. The first-order chi connectivity index (χ1) is 11.3. The summed E-state index contributed by atoms with van der Waals surface area (Å²) in [5.41, 5.74) is 7.29. The Morgan fingerprint density at radius 1 is 1.17 bits per heavy atom. The van der Waals surface area contributed by atoms with Gasteiger partial charge in [0.25, 0.3) is 5.91 Å². The van der Waals surface area contributed by atoms with Gasteiger partial charge in [-0.1, -0.05) is 18.1 Å². The van der Waals surface area contributed by atoms with E-state index in [4.69, 9.17) is 0 Å². The van der Waals surface area contributed by atoms with Crippen LogP contribution in [0.3, 0.4) is 0 Å². The van der Waals surface area contributed by atoms with Crippen molar-refractivity contribution in [1.82, 2.24) is 10.9 Å². The first-order valence-electron chi connectivity index (χ1n) is 7.89. The van der Waals surface area contributed by atoms with E-state index >= 15 is 0 Å². The van der Waals surface area contributed by atoms with Crippen LogP contribution in [0.25, 0.3) is 0 Å². The van der Waals surface area contributed by atoms with Gasteiger partial charge in [-0.15, -0.1) is 11.3 Å². The molecule has 0 unspecified atom stereocenters. The second-order valence-electron chi connectivity index (χ2n) is 6.12. The molecule has 2 atom stereocenters. The highest BCUT2D eigenvalue weighted by molar-refractivity contribution is 7.10. The van der Waals surface area contributed by atoms with Crippen molar-refractivity contribution in [1.29, 1.82) is 0 Å². The molecule has 0 saturated carbocycles. The molecule has 0 aliphatic heterocycles. The number of nitrogens with one attached hydrogen (secondary N) is 2. The Hall–Kier alpha value is -2.15. The fraction of sp³-hybridized carbons (Fsp3) is 0.471. The number of aliphatic carboxylic acids is 1. The summed E-state index contributed by atoms with van der Waals surface area (Å²) in [6.07, 6.45) is 1.60. The quantitative estimate of drug-likeness (QED) is 0.574. The second-order valence-corrected chi connectivity index (χ2v) is 7.11. The van der Waals surface area contributed by atoms with Gasteiger partial charge in [-0.3, -0.25) is 25.2 Å². The van der Waals surface area contributed by atoms with Crippen LogP contribution >= 0.6 is 11.3 Å². The van der Waals surface area contributed by atoms with Crippen molar-refractivity contribution >= 4 is 29.1 Å². The van der Waals surface area contributed by atoms with Crippen molar-refractivity contribution in [2.24, 2.45) is 11.8 Å². The van der Waals surface area contributed by atoms with E-state index in [1.54, 1.807) is 11.4 Å². The van der Waals surface area contributed by atoms with Gasteiger partial charge in [0.15, 0.2) is 0 Å². The molecule has 2 amide bonds. The van der Waals surface area contributed by atoms with Crippen LogP contribution in [-0.4, -0.2) is 22.9 Å².